The van der Waals surface area contributed by atoms with E-state index < -0.39 is 5.82 Å². The van der Waals surface area contributed by atoms with Gasteiger partial charge in [-0.15, -0.1) is 0 Å². The number of rotatable bonds is 6. The summed E-state index contributed by atoms with van der Waals surface area (Å²) in [6.45, 7) is 2.69. The van der Waals surface area contributed by atoms with Crippen LogP contribution in [0.3, 0.4) is 0 Å². The molecule has 0 aliphatic carbocycles. The molecule has 0 bridgehead atoms. The minimum atomic E-state index is -0.412. The first-order valence-corrected chi connectivity index (χ1v) is 6.97. The van der Waals surface area contributed by atoms with Crippen molar-refractivity contribution in [1.82, 2.24) is 0 Å². The van der Waals surface area contributed by atoms with Crippen molar-refractivity contribution in [2.24, 2.45) is 0 Å². The van der Waals surface area contributed by atoms with Gasteiger partial charge in [0.15, 0.2) is 0 Å². The molecular formula is C16H17ClFNO. The molecule has 0 aliphatic heterocycles. The Morgan fingerprint density at radius 1 is 1.20 bits per heavy atom. The zero-order valence-corrected chi connectivity index (χ0v) is 12.0. The third-order valence-electron chi connectivity index (χ3n) is 2.95. The van der Waals surface area contributed by atoms with Crippen molar-refractivity contribution in [2.75, 3.05) is 11.9 Å². The summed E-state index contributed by atoms with van der Waals surface area (Å²) in [6, 6.07) is 14.3. The first kappa shape index (κ1) is 14.7. The molecule has 2 nitrogen and oxygen atoms in total. The number of hydrogen-bond donors (Lipinski definition) is 1. The van der Waals surface area contributed by atoms with E-state index in [4.69, 9.17) is 16.3 Å². The Morgan fingerprint density at radius 2 is 1.95 bits per heavy atom. The number of nitrogens with one attached hydrogen (secondary N) is 1. The lowest BCUT2D eigenvalue weighted by atomic mass is 10.2. The highest BCUT2D eigenvalue weighted by atomic mass is 35.5. The van der Waals surface area contributed by atoms with Crippen molar-refractivity contribution in [3.63, 3.8) is 0 Å². The topological polar surface area (TPSA) is 21.3 Å². The average Bonchev–Trinajstić information content (AvgIpc) is 2.48. The van der Waals surface area contributed by atoms with Crippen molar-refractivity contribution in [1.29, 1.82) is 0 Å². The van der Waals surface area contributed by atoms with E-state index in [0.29, 0.717) is 6.54 Å². The summed E-state index contributed by atoms with van der Waals surface area (Å²) in [6.07, 6.45) is 0.915. The SMILES string of the molecule is CCC(CNc1ccc(F)c(Cl)c1)Oc1ccccc1. The van der Waals surface area contributed by atoms with Crippen molar-refractivity contribution in [2.45, 2.75) is 19.4 Å². The molecule has 0 saturated carbocycles. The lowest BCUT2D eigenvalue weighted by Gasteiger charge is -2.19. The lowest BCUT2D eigenvalue weighted by molar-refractivity contribution is 0.210. The minimum Gasteiger partial charge on any atom is -0.489 e. The Kier molecular flexibility index (Phi) is 5.24. The quantitative estimate of drug-likeness (QED) is 0.830. The van der Waals surface area contributed by atoms with E-state index in [1.165, 1.54) is 6.07 Å². The van der Waals surface area contributed by atoms with Gasteiger partial charge in [0, 0.05) is 5.69 Å². The first-order chi connectivity index (χ1) is 9.69. The van der Waals surface area contributed by atoms with Crippen LogP contribution in [0.4, 0.5) is 10.1 Å². The van der Waals surface area contributed by atoms with Gasteiger partial charge in [-0.3, -0.25) is 0 Å². The highest BCUT2D eigenvalue weighted by Crippen LogP contribution is 2.20. The molecule has 106 valence electrons. The fourth-order valence-corrected chi connectivity index (χ4v) is 1.98. The Hall–Kier alpha value is -1.74. The van der Waals surface area contributed by atoms with Crippen LogP contribution in [-0.4, -0.2) is 12.6 Å². The number of hydrogen-bond acceptors (Lipinski definition) is 2. The molecule has 2 aromatic rings. The lowest BCUT2D eigenvalue weighted by Crippen LogP contribution is -2.25. The van der Waals surface area contributed by atoms with Crippen LogP contribution in [0.15, 0.2) is 48.5 Å². The minimum absolute atomic E-state index is 0.0428. The smallest absolute Gasteiger partial charge is 0.141 e. The maximum atomic E-state index is 13.1. The number of benzene rings is 2. The van der Waals surface area contributed by atoms with Gasteiger partial charge < -0.3 is 10.1 Å². The molecule has 0 aliphatic rings. The van der Waals surface area contributed by atoms with E-state index >= 15 is 0 Å². The molecule has 1 N–H and O–H groups in total. The zero-order valence-electron chi connectivity index (χ0n) is 11.3. The zero-order chi connectivity index (χ0) is 14.4. The molecular weight excluding hydrogens is 277 g/mol. The van der Waals surface area contributed by atoms with Crippen LogP contribution in [0.5, 0.6) is 5.75 Å². The summed E-state index contributed by atoms with van der Waals surface area (Å²) in [5.41, 5.74) is 0.784. The fourth-order valence-electron chi connectivity index (χ4n) is 1.80. The molecule has 20 heavy (non-hydrogen) atoms. The molecule has 0 spiro atoms. The van der Waals surface area contributed by atoms with E-state index in [0.717, 1.165) is 17.9 Å². The van der Waals surface area contributed by atoms with Crippen LogP contribution < -0.4 is 10.1 Å². The van der Waals surface area contributed by atoms with Crippen molar-refractivity contribution in [3.8, 4) is 5.75 Å². The molecule has 0 heterocycles. The predicted molar refractivity (Wildman–Crippen MR) is 81.0 cm³/mol. The standard InChI is InChI=1S/C16H17ClFNO/c1-2-13(20-14-6-4-3-5-7-14)11-19-12-8-9-16(18)15(17)10-12/h3-10,13,19H,2,11H2,1H3. The number of para-hydroxylation sites is 1. The van der Waals surface area contributed by atoms with E-state index in [2.05, 4.69) is 12.2 Å². The molecule has 0 radical (unpaired) electrons. The van der Waals surface area contributed by atoms with Gasteiger partial charge in [0.2, 0.25) is 0 Å². The van der Waals surface area contributed by atoms with Gasteiger partial charge in [-0.1, -0.05) is 36.7 Å². The fraction of sp³-hybridized carbons (Fsp3) is 0.250. The highest BCUT2D eigenvalue weighted by molar-refractivity contribution is 6.31. The van der Waals surface area contributed by atoms with Gasteiger partial charge in [-0.2, -0.15) is 0 Å². The van der Waals surface area contributed by atoms with Gasteiger partial charge in [0.1, 0.15) is 17.7 Å². The monoisotopic (exact) mass is 293 g/mol. The second-order valence-corrected chi connectivity index (χ2v) is 4.88. The maximum Gasteiger partial charge on any atom is 0.141 e. The Balaban J connectivity index is 1.92. The predicted octanol–water partition coefficient (Wildman–Crippen LogP) is 4.75. The molecule has 1 atom stereocenters. The van der Waals surface area contributed by atoms with Gasteiger partial charge in [0.05, 0.1) is 11.6 Å². The van der Waals surface area contributed by atoms with Crippen LogP contribution in [0.2, 0.25) is 5.02 Å². The van der Waals surface area contributed by atoms with E-state index in [1.807, 2.05) is 30.3 Å². The van der Waals surface area contributed by atoms with Gasteiger partial charge in [-0.05, 0) is 36.8 Å². The van der Waals surface area contributed by atoms with Gasteiger partial charge in [0.25, 0.3) is 0 Å². The summed E-state index contributed by atoms with van der Waals surface area (Å²) in [4.78, 5) is 0. The Bertz CT molecular complexity index is 547. The number of anilines is 1. The third-order valence-corrected chi connectivity index (χ3v) is 3.24. The van der Waals surface area contributed by atoms with Crippen LogP contribution in [-0.2, 0) is 0 Å². The summed E-state index contributed by atoms with van der Waals surface area (Å²) in [5, 5.41) is 3.33. The average molecular weight is 294 g/mol. The Morgan fingerprint density at radius 3 is 2.60 bits per heavy atom. The van der Waals surface area contributed by atoms with E-state index in [9.17, 15) is 4.39 Å². The normalized spacial score (nSPS) is 11.9. The summed E-state index contributed by atoms with van der Waals surface area (Å²) >= 11 is 5.75. The second kappa shape index (κ2) is 7.15. The van der Waals surface area contributed by atoms with Gasteiger partial charge in [-0.25, -0.2) is 4.39 Å². The van der Waals surface area contributed by atoms with Crippen molar-refractivity contribution in [3.05, 3.63) is 59.4 Å². The molecule has 0 fully saturated rings. The van der Waals surface area contributed by atoms with Crippen LogP contribution >= 0.6 is 11.6 Å². The molecule has 1 unspecified atom stereocenters. The van der Waals surface area contributed by atoms with Crippen LogP contribution in [0.1, 0.15) is 13.3 Å². The van der Waals surface area contributed by atoms with Crippen LogP contribution in [0.25, 0.3) is 0 Å². The molecule has 2 rings (SSSR count). The molecule has 0 amide bonds. The number of halogens is 2. The summed E-state index contributed by atoms with van der Waals surface area (Å²) in [5.74, 6) is 0.433. The summed E-state index contributed by atoms with van der Waals surface area (Å²) < 4.78 is 18.9. The highest BCUT2D eigenvalue weighted by Gasteiger charge is 2.08. The molecule has 2 aromatic carbocycles. The Labute approximate surface area is 123 Å². The summed E-state index contributed by atoms with van der Waals surface area (Å²) in [7, 11) is 0. The largest absolute Gasteiger partial charge is 0.489 e. The van der Waals surface area contributed by atoms with Crippen molar-refractivity contribution >= 4 is 17.3 Å². The van der Waals surface area contributed by atoms with E-state index in [1.54, 1.807) is 12.1 Å². The van der Waals surface area contributed by atoms with E-state index in [-0.39, 0.29) is 11.1 Å². The maximum absolute atomic E-state index is 13.1. The molecule has 0 saturated heterocycles. The van der Waals surface area contributed by atoms with Gasteiger partial charge >= 0.3 is 0 Å². The van der Waals surface area contributed by atoms with Crippen LogP contribution in [0, 0.1) is 5.82 Å². The molecule has 0 aromatic heterocycles. The first-order valence-electron chi connectivity index (χ1n) is 6.59. The number of ether oxygens (including phenoxy) is 1. The second-order valence-electron chi connectivity index (χ2n) is 4.47. The molecule has 4 heteroatoms. The van der Waals surface area contributed by atoms with Crippen molar-refractivity contribution < 1.29 is 9.13 Å². The third kappa shape index (κ3) is 4.14.